The molecule has 0 aliphatic heterocycles. The summed E-state index contributed by atoms with van der Waals surface area (Å²) < 4.78 is 5.37. The number of methoxy groups -OCH3 is 1. The average molecular weight is 257 g/mol. The molecule has 3 rings (SSSR count). The quantitative estimate of drug-likeness (QED) is 0.914. The fraction of sp³-hybridized carbons (Fsp3) is 0.467. The Labute approximate surface area is 113 Å². The highest BCUT2D eigenvalue weighted by Gasteiger charge is 2.44. The predicted molar refractivity (Wildman–Crippen MR) is 76.3 cm³/mol. The molecule has 4 nitrogen and oxygen atoms in total. The average Bonchev–Trinajstić information content (AvgIpc) is 3.18. The summed E-state index contributed by atoms with van der Waals surface area (Å²) in [4.78, 5) is 8.91. The summed E-state index contributed by atoms with van der Waals surface area (Å²) in [6, 6.07) is 4.14. The Kier molecular flexibility index (Phi) is 2.81. The standard InChI is InChI=1S/C15H19N3O/c1-3-6-15(7-8-15)10-4-5-11(19-2)14-13(10)17-9-12(16)18-14/h4-5,9H,3,6-8H2,1-2H3,(H2,16,18). The maximum Gasteiger partial charge on any atom is 0.146 e. The molecule has 1 aliphatic carbocycles. The van der Waals surface area contributed by atoms with Gasteiger partial charge in [-0.15, -0.1) is 0 Å². The Hall–Kier alpha value is -1.84. The van der Waals surface area contributed by atoms with E-state index in [0.29, 0.717) is 11.2 Å². The largest absolute Gasteiger partial charge is 0.494 e. The van der Waals surface area contributed by atoms with Gasteiger partial charge in [0.25, 0.3) is 0 Å². The molecule has 1 aromatic carbocycles. The molecule has 0 saturated heterocycles. The minimum absolute atomic E-state index is 0.310. The van der Waals surface area contributed by atoms with E-state index in [-0.39, 0.29) is 0 Å². The lowest BCUT2D eigenvalue weighted by Gasteiger charge is -2.17. The summed E-state index contributed by atoms with van der Waals surface area (Å²) in [5, 5.41) is 0. The normalized spacial score (nSPS) is 16.5. The third-order valence-electron chi connectivity index (χ3n) is 4.05. The zero-order valence-electron chi connectivity index (χ0n) is 11.4. The van der Waals surface area contributed by atoms with Crippen molar-refractivity contribution in [2.75, 3.05) is 12.8 Å². The minimum Gasteiger partial charge on any atom is -0.494 e. The van der Waals surface area contributed by atoms with Gasteiger partial charge in [0, 0.05) is 0 Å². The van der Waals surface area contributed by atoms with Crippen molar-refractivity contribution in [2.24, 2.45) is 0 Å². The Balaban J connectivity index is 2.22. The van der Waals surface area contributed by atoms with Crippen LogP contribution in [0.5, 0.6) is 5.75 Å². The van der Waals surface area contributed by atoms with Gasteiger partial charge in [-0.25, -0.2) is 4.98 Å². The molecular formula is C15H19N3O. The van der Waals surface area contributed by atoms with E-state index < -0.39 is 0 Å². The first-order valence-electron chi connectivity index (χ1n) is 6.80. The molecule has 0 bridgehead atoms. The first kappa shape index (κ1) is 12.2. The number of nitrogens with two attached hydrogens (primary N) is 1. The zero-order chi connectivity index (χ0) is 13.5. The number of hydrogen-bond donors (Lipinski definition) is 1. The first-order valence-corrected chi connectivity index (χ1v) is 6.80. The number of anilines is 1. The van der Waals surface area contributed by atoms with E-state index in [0.717, 1.165) is 16.8 Å². The van der Waals surface area contributed by atoms with Crippen molar-refractivity contribution in [3.8, 4) is 5.75 Å². The molecular weight excluding hydrogens is 238 g/mol. The van der Waals surface area contributed by atoms with Gasteiger partial charge in [0.2, 0.25) is 0 Å². The van der Waals surface area contributed by atoms with Crippen LogP contribution in [0.1, 0.15) is 38.2 Å². The van der Waals surface area contributed by atoms with Gasteiger partial charge in [-0.2, -0.15) is 0 Å². The van der Waals surface area contributed by atoms with E-state index in [1.54, 1.807) is 13.3 Å². The van der Waals surface area contributed by atoms with E-state index in [2.05, 4.69) is 23.0 Å². The Morgan fingerprint density at radius 1 is 1.32 bits per heavy atom. The molecule has 0 unspecified atom stereocenters. The maximum absolute atomic E-state index is 5.75. The van der Waals surface area contributed by atoms with Crippen molar-refractivity contribution in [1.82, 2.24) is 9.97 Å². The number of nitrogens with zero attached hydrogens (tertiary/aromatic N) is 2. The van der Waals surface area contributed by atoms with Crippen molar-refractivity contribution >= 4 is 16.9 Å². The van der Waals surface area contributed by atoms with Gasteiger partial charge >= 0.3 is 0 Å². The van der Waals surface area contributed by atoms with Gasteiger partial charge in [0.1, 0.15) is 17.1 Å². The van der Waals surface area contributed by atoms with Crippen LogP contribution in [-0.2, 0) is 5.41 Å². The highest BCUT2D eigenvalue weighted by molar-refractivity contribution is 5.86. The van der Waals surface area contributed by atoms with Crippen molar-refractivity contribution in [3.63, 3.8) is 0 Å². The molecule has 4 heteroatoms. The molecule has 1 fully saturated rings. The van der Waals surface area contributed by atoms with E-state index >= 15 is 0 Å². The van der Waals surface area contributed by atoms with E-state index in [1.165, 1.54) is 31.2 Å². The number of benzene rings is 1. The summed E-state index contributed by atoms with van der Waals surface area (Å²) in [5.41, 5.74) is 9.09. The zero-order valence-corrected chi connectivity index (χ0v) is 11.4. The first-order chi connectivity index (χ1) is 9.20. The summed E-state index contributed by atoms with van der Waals surface area (Å²) in [5.74, 6) is 1.18. The molecule has 0 amide bonds. The van der Waals surface area contributed by atoms with Crippen molar-refractivity contribution < 1.29 is 4.74 Å². The van der Waals surface area contributed by atoms with Crippen molar-refractivity contribution in [1.29, 1.82) is 0 Å². The molecule has 1 aromatic heterocycles. The topological polar surface area (TPSA) is 61.0 Å². The van der Waals surface area contributed by atoms with Crippen LogP contribution >= 0.6 is 0 Å². The molecule has 0 spiro atoms. The number of ether oxygens (including phenoxy) is 1. The van der Waals surface area contributed by atoms with E-state index in [1.807, 2.05) is 6.07 Å². The van der Waals surface area contributed by atoms with Crippen molar-refractivity contribution in [3.05, 3.63) is 23.9 Å². The van der Waals surface area contributed by atoms with Crippen LogP contribution in [0.2, 0.25) is 0 Å². The lowest BCUT2D eigenvalue weighted by atomic mass is 9.90. The fourth-order valence-electron chi connectivity index (χ4n) is 2.96. The highest BCUT2D eigenvalue weighted by Crippen LogP contribution is 2.53. The third-order valence-corrected chi connectivity index (χ3v) is 4.05. The Bertz CT molecular complexity index is 620. The van der Waals surface area contributed by atoms with Crippen LogP contribution in [0.15, 0.2) is 18.3 Å². The summed E-state index contributed by atoms with van der Waals surface area (Å²) in [6.07, 6.45) is 6.52. The molecule has 0 radical (unpaired) electrons. The maximum atomic E-state index is 5.75. The molecule has 0 atom stereocenters. The highest BCUT2D eigenvalue weighted by atomic mass is 16.5. The number of rotatable bonds is 4. The number of hydrogen-bond acceptors (Lipinski definition) is 4. The van der Waals surface area contributed by atoms with Crippen LogP contribution in [0, 0.1) is 0 Å². The molecule has 2 aromatic rings. The molecule has 1 saturated carbocycles. The monoisotopic (exact) mass is 257 g/mol. The van der Waals surface area contributed by atoms with E-state index in [9.17, 15) is 0 Å². The van der Waals surface area contributed by atoms with Crippen LogP contribution in [0.25, 0.3) is 11.0 Å². The van der Waals surface area contributed by atoms with Crippen LogP contribution in [-0.4, -0.2) is 17.1 Å². The minimum atomic E-state index is 0.310. The number of fused-ring (bicyclic) bond motifs is 1. The van der Waals surface area contributed by atoms with Gasteiger partial charge in [-0.1, -0.05) is 19.4 Å². The smallest absolute Gasteiger partial charge is 0.146 e. The van der Waals surface area contributed by atoms with Gasteiger partial charge in [0.15, 0.2) is 0 Å². The second kappa shape index (κ2) is 4.37. The molecule has 1 aliphatic rings. The fourth-order valence-corrected chi connectivity index (χ4v) is 2.96. The van der Waals surface area contributed by atoms with Gasteiger partial charge in [-0.05, 0) is 36.3 Å². The van der Waals surface area contributed by atoms with Gasteiger partial charge in [0.05, 0.1) is 18.8 Å². The molecule has 100 valence electrons. The molecule has 1 heterocycles. The Morgan fingerprint density at radius 2 is 2.11 bits per heavy atom. The lowest BCUT2D eigenvalue weighted by Crippen LogP contribution is -2.08. The molecule has 19 heavy (non-hydrogen) atoms. The summed E-state index contributed by atoms with van der Waals surface area (Å²) in [7, 11) is 1.65. The summed E-state index contributed by atoms with van der Waals surface area (Å²) >= 11 is 0. The number of nitrogen functional groups attached to an aromatic ring is 1. The van der Waals surface area contributed by atoms with Crippen LogP contribution in [0.3, 0.4) is 0 Å². The predicted octanol–water partition coefficient (Wildman–Crippen LogP) is 3.05. The van der Waals surface area contributed by atoms with Crippen LogP contribution in [0.4, 0.5) is 5.82 Å². The van der Waals surface area contributed by atoms with Gasteiger partial charge in [-0.3, -0.25) is 4.98 Å². The van der Waals surface area contributed by atoms with E-state index in [4.69, 9.17) is 10.5 Å². The van der Waals surface area contributed by atoms with Crippen LogP contribution < -0.4 is 10.5 Å². The SMILES string of the molecule is CCCC1(c2ccc(OC)c3nc(N)cnc23)CC1. The number of aromatic nitrogens is 2. The Morgan fingerprint density at radius 3 is 2.74 bits per heavy atom. The second-order valence-corrected chi connectivity index (χ2v) is 5.34. The third kappa shape index (κ3) is 1.91. The molecule has 2 N–H and O–H groups in total. The van der Waals surface area contributed by atoms with Crippen molar-refractivity contribution in [2.45, 2.75) is 38.0 Å². The lowest BCUT2D eigenvalue weighted by molar-refractivity contribution is 0.418. The summed E-state index contributed by atoms with van der Waals surface area (Å²) in [6.45, 7) is 2.23. The van der Waals surface area contributed by atoms with Gasteiger partial charge < -0.3 is 10.5 Å². The second-order valence-electron chi connectivity index (χ2n) is 5.34.